The number of carbonyl (C=O) groups is 1. The molecule has 0 unspecified atom stereocenters. The second-order valence-electron chi connectivity index (χ2n) is 10.6. The Kier molecular flexibility index (Phi) is 6.41. The lowest BCUT2D eigenvalue weighted by atomic mass is 9.88. The zero-order valence-corrected chi connectivity index (χ0v) is 22.5. The molecule has 2 aliphatic rings. The summed E-state index contributed by atoms with van der Waals surface area (Å²) in [6.45, 7) is 4.40. The zero-order valence-electron chi connectivity index (χ0n) is 22.5. The van der Waals surface area contributed by atoms with Gasteiger partial charge in [-0.2, -0.15) is 5.10 Å². The Morgan fingerprint density at radius 1 is 1.12 bits per heavy atom. The topological polar surface area (TPSA) is 90.7 Å². The van der Waals surface area contributed by atoms with Crippen LogP contribution < -0.4 is 15.0 Å². The number of hydrogen-bond acceptors (Lipinski definition) is 5. The number of halogens is 1. The number of carboxylic acid groups (broad SMARTS) is 1. The van der Waals surface area contributed by atoms with Gasteiger partial charge in [0.05, 0.1) is 18.7 Å². The highest BCUT2D eigenvalue weighted by Gasteiger charge is 2.32. The van der Waals surface area contributed by atoms with Crippen molar-refractivity contribution in [2.75, 3.05) is 6.61 Å². The Hall–Kier alpha value is -4.46. The molecular formula is C32H29FN2O5. The fraction of sp³-hybridized carbons (Fsp3) is 0.281. The molecule has 0 saturated heterocycles. The third-order valence-electron chi connectivity index (χ3n) is 7.90. The van der Waals surface area contributed by atoms with Crippen molar-refractivity contribution in [3.8, 4) is 33.9 Å². The van der Waals surface area contributed by atoms with Crippen LogP contribution in [0.25, 0.3) is 22.4 Å². The summed E-state index contributed by atoms with van der Waals surface area (Å²) >= 11 is 0. The van der Waals surface area contributed by atoms with E-state index in [1.54, 1.807) is 19.2 Å². The minimum atomic E-state index is -0.862. The van der Waals surface area contributed by atoms with Crippen molar-refractivity contribution in [2.45, 2.75) is 45.1 Å². The predicted molar refractivity (Wildman–Crippen MR) is 148 cm³/mol. The van der Waals surface area contributed by atoms with Gasteiger partial charge < -0.3 is 14.6 Å². The monoisotopic (exact) mass is 540 g/mol. The van der Waals surface area contributed by atoms with Gasteiger partial charge in [0, 0.05) is 41.8 Å². The van der Waals surface area contributed by atoms with Gasteiger partial charge >= 0.3 is 5.97 Å². The molecule has 4 aromatic rings. The molecular weight excluding hydrogens is 511 g/mol. The third kappa shape index (κ3) is 4.53. The lowest BCUT2D eigenvalue weighted by Crippen LogP contribution is -2.18. The number of hydrogen-bond donors (Lipinski definition) is 1. The fourth-order valence-electron chi connectivity index (χ4n) is 6.09. The Morgan fingerprint density at radius 3 is 2.62 bits per heavy atom. The van der Waals surface area contributed by atoms with E-state index >= 15 is 4.39 Å². The Labute approximate surface area is 230 Å². The number of ether oxygens (including phenoxy) is 2. The predicted octanol–water partition coefficient (Wildman–Crippen LogP) is 5.89. The highest BCUT2D eigenvalue weighted by molar-refractivity contribution is 5.79. The number of nitrogens with zero attached hydrogens (tertiary/aromatic N) is 2. The van der Waals surface area contributed by atoms with E-state index in [2.05, 4.69) is 17.2 Å². The Bertz CT molecular complexity index is 1700. The van der Waals surface area contributed by atoms with E-state index in [1.165, 1.54) is 16.8 Å². The first-order valence-electron chi connectivity index (χ1n) is 13.3. The first kappa shape index (κ1) is 25.8. The van der Waals surface area contributed by atoms with Crippen LogP contribution in [0, 0.1) is 19.7 Å². The van der Waals surface area contributed by atoms with Crippen molar-refractivity contribution in [1.82, 2.24) is 9.78 Å². The molecule has 8 heteroatoms. The Morgan fingerprint density at radius 2 is 1.90 bits per heavy atom. The summed E-state index contributed by atoms with van der Waals surface area (Å²) in [6.07, 6.45) is 0.886. The van der Waals surface area contributed by atoms with Crippen LogP contribution in [0.15, 0.2) is 59.4 Å². The second-order valence-corrected chi connectivity index (χ2v) is 10.6. The van der Waals surface area contributed by atoms with Crippen LogP contribution in [0.5, 0.6) is 11.5 Å². The van der Waals surface area contributed by atoms with Gasteiger partial charge in [-0.25, -0.2) is 9.07 Å². The van der Waals surface area contributed by atoms with Crippen molar-refractivity contribution in [2.24, 2.45) is 7.05 Å². The van der Waals surface area contributed by atoms with Gasteiger partial charge in [0.2, 0.25) is 0 Å². The Balaban J connectivity index is 1.31. The molecule has 2 heterocycles. The maximum absolute atomic E-state index is 15.3. The van der Waals surface area contributed by atoms with Gasteiger partial charge in [0.15, 0.2) is 0 Å². The van der Waals surface area contributed by atoms with Crippen molar-refractivity contribution < 1.29 is 23.8 Å². The molecule has 0 fully saturated rings. The van der Waals surface area contributed by atoms with Crippen LogP contribution in [-0.4, -0.2) is 27.5 Å². The molecule has 2 atom stereocenters. The molecule has 1 aromatic heterocycles. The quantitative estimate of drug-likeness (QED) is 0.328. The van der Waals surface area contributed by atoms with E-state index in [4.69, 9.17) is 14.6 Å². The van der Waals surface area contributed by atoms with Crippen LogP contribution >= 0.6 is 0 Å². The largest absolute Gasteiger partial charge is 0.492 e. The molecule has 1 N–H and O–H groups in total. The van der Waals surface area contributed by atoms with Gasteiger partial charge in [-0.3, -0.25) is 9.59 Å². The second kappa shape index (κ2) is 9.93. The number of aryl methyl sites for hydroxylation is 3. The van der Waals surface area contributed by atoms with Crippen LogP contribution in [-0.2, 0) is 18.3 Å². The summed E-state index contributed by atoms with van der Waals surface area (Å²) < 4.78 is 28.6. The SMILES string of the molecule is Cc1cc(-c2ccc(=O)n(C)n2)cc(C)c1-c1ccc(F)c2c1CC[C@H]2Oc1ccc2c(c1)OC[C@H]2CC(=O)O. The highest BCUT2D eigenvalue weighted by Crippen LogP contribution is 2.45. The van der Waals surface area contributed by atoms with E-state index in [0.29, 0.717) is 42.2 Å². The average molecular weight is 541 g/mol. The number of aliphatic carboxylic acids is 1. The van der Waals surface area contributed by atoms with Crippen molar-refractivity contribution in [1.29, 1.82) is 0 Å². The normalized spacial score (nSPS) is 17.3. The summed E-state index contributed by atoms with van der Waals surface area (Å²) in [7, 11) is 1.63. The lowest BCUT2D eigenvalue weighted by molar-refractivity contribution is -0.137. The van der Waals surface area contributed by atoms with E-state index in [9.17, 15) is 9.59 Å². The van der Waals surface area contributed by atoms with Crippen LogP contribution in [0.4, 0.5) is 4.39 Å². The smallest absolute Gasteiger partial charge is 0.304 e. The first-order valence-corrected chi connectivity index (χ1v) is 13.3. The highest BCUT2D eigenvalue weighted by atomic mass is 19.1. The average Bonchev–Trinajstić information content (AvgIpc) is 3.51. The van der Waals surface area contributed by atoms with E-state index in [-0.39, 0.29) is 23.7 Å². The summed E-state index contributed by atoms with van der Waals surface area (Å²) in [5.74, 6) is -0.147. The van der Waals surface area contributed by atoms with Gasteiger partial charge in [0.1, 0.15) is 23.4 Å². The lowest BCUT2D eigenvalue weighted by Gasteiger charge is -2.19. The zero-order chi connectivity index (χ0) is 28.1. The first-order chi connectivity index (χ1) is 19.2. The molecule has 204 valence electrons. The van der Waals surface area contributed by atoms with Gasteiger partial charge in [-0.1, -0.05) is 12.1 Å². The molecule has 1 aliphatic heterocycles. The standard InChI is InChI=1S/C32H29FN2O5/c1-17-12-19(26-9-11-29(36)35(3)34-26)13-18(2)31(17)23-6-8-25(33)32-24(23)7-10-27(32)40-21-4-5-22-20(14-30(37)38)16-39-28(22)15-21/h4-6,8-9,11-13,15,20,27H,7,10,14,16H2,1-3H3,(H,37,38)/t20-,27-/m1/s1. The number of carboxylic acids is 1. The summed E-state index contributed by atoms with van der Waals surface area (Å²) in [6, 6.07) is 16.1. The molecule has 0 saturated carbocycles. The molecule has 7 nitrogen and oxygen atoms in total. The van der Waals surface area contributed by atoms with Gasteiger partial charge in [-0.05, 0) is 84.8 Å². The van der Waals surface area contributed by atoms with Crippen LogP contribution in [0.2, 0.25) is 0 Å². The minimum absolute atomic E-state index is 0.0124. The summed E-state index contributed by atoms with van der Waals surface area (Å²) in [5.41, 5.74) is 7.97. The molecule has 0 amide bonds. The molecule has 0 bridgehead atoms. The number of benzene rings is 3. The summed E-state index contributed by atoms with van der Waals surface area (Å²) in [5, 5.41) is 13.5. The molecule has 40 heavy (non-hydrogen) atoms. The summed E-state index contributed by atoms with van der Waals surface area (Å²) in [4.78, 5) is 22.9. The number of rotatable bonds is 6. The third-order valence-corrected chi connectivity index (χ3v) is 7.90. The number of aromatic nitrogens is 2. The van der Waals surface area contributed by atoms with E-state index < -0.39 is 12.1 Å². The van der Waals surface area contributed by atoms with E-state index in [1.807, 2.05) is 32.0 Å². The molecule has 0 spiro atoms. The van der Waals surface area contributed by atoms with Crippen molar-refractivity contribution in [3.05, 3.63) is 98.6 Å². The molecule has 0 radical (unpaired) electrons. The van der Waals surface area contributed by atoms with Crippen LogP contribution in [0.3, 0.4) is 0 Å². The molecule has 6 rings (SSSR count). The van der Waals surface area contributed by atoms with Crippen molar-refractivity contribution >= 4 is 5.97 Å². The maximum atomic E-state index is 15.3. The maximum Gasteiger partial charge on any atom is 0.304 e. The van der Waals surface area contributed by atoms with Gasteiger partial charge in [-0.15, -0.1) is 0 Å². The molecule has 3 aromatic carbocycles. The minimum Gasteiger partial charge on any atom is -0.492 e. The van der Waals surface area contributed by atoms with Crippen molar-refractivity contribution in [3.63, 3.8) is 0 Å². The fourth-order valence-corrected chi connectivity index (χ4v) is 6.09. The van der Waals surface area contributed by atoms with Crippen LogP contribution in [0.1, 0.15) is 52.7 Å². The number of fused-ring (bicyclic) bond motifs is 2. The van der Waals surface area contributed by atoms with E-state index in [0.717, 1.165) is 38.9 Å². The van der Waals surface area contributed by atoms with Gasteiger partial charge in [0.25, 0.3) is 5.56 Å². The molecule has 1 aliphatic carbocycles.